The van der Waals surface area contributed by atoms with Crippen molar-refractivity contribution in [2.75, 3.05) is 0 Å². The van der Waals surface area contributed by atoms with Crippen molar-refractivity contribution in [2.45, 2.75) is 13.3 Å². The lowest BCUT2D eigenvalue weighted by atomic mass is 9.84. The van der Waals surface area contributed by atoms with E-state index in [1.807, 2.05) is 0 Å². The van der Waals surface area contributed by atoms with Crippen molar-refractivity contribution in [1.29, 1.82) is 0 Å². The van der Waals surface area contributed by atoms with Gasteiger partial charge in [-0.05, 0) is 46.9 Å². The summed E-state index contributed by atoms with van der Waals surface area (Å²) in [6, 6.07) is 21.9. The Hall–Kier alpha value is -2.80. The lowest BCUT2D eigenvalue weighted by molar-refractivity contribution is 1.25. The first-order valence-corrected chi connectivity index (χ1v) is 8.12. The fourth-order valence-corrected chi connectivity index (χ4v) is 4.00. The van der Waals surface area contributed by atoms with E-state index in [1.165, 1.54) is 49.6 Å². The Morgan fingerprint density at radius 2 is 1.70 bits per heavy atom. The quantitative estimate of drug-likeness (QED) is 0.469. The molecule has 0 spiro atoms. The van der Waals surface area contributed by atoms with E-state index in [-0.39, 0.29) is 0 Å². The van der Waals surface area contributed by atoms with Gasteiger partial charge in [0.05, 0.1) is 0 Å². The van der Waals surface area contributed by atoms with Gasteiger partial charge in [-0.15, -0.1) is 0 Å². The Morgan fingerprint density at radius 1 is 0.870 bits per heavy atom. The zero-order chi connectivity index (χ0) is 15.4. The summed E-state index contributed by atoms with van der Waals surface area (Å²) in [5.41, 5.74) is 7.96. The number of hydrogen-bond acceptors (Lipinski definition) is 0. The third-order valence-corrected chi connectivity index (χ3v) is 4.97. The Labute approximate surface area is 135 Å². The minimum absolute atomic E-state index is 1.00. The van der Waals surface area contributed by atoms with Crippen LogP contribution in [0, 0.1) is 6.92 Å². The third kappa shape index (κ3) is 1.74. The summed E-state index contributed by atoms with van der Waals surface area (Å²) >= 11 is 0. The SMILES string of the molecule is Cc1[nH]c2ccccc2c1C1=CCc2cccc3cccc1c23. The highest BCUT2D eigenvalue weighted by Gasteiger charge is 2.19. The summed E-state index contributed by atoms with van der Waals surface area (Å²) < 4.78 is 0. The maximum atomic E-state index is 3.54. The number of rotatable bonds is 1. The molecule has 0 fully saturated rings. The highest BCUT2D eigenvalue weighted by molar-refractivity contribution is 6.06. The van der Waals surface area contributed by atoms with Crippen LogP contribution in [-0.2, 0) is 6.42 Å². The van der Waals surface area contributed by atoms with Crippen molar-refractivity contribution >= 4 is 27.2 Å². The first-order chi connectivity index (χ1) is 11.3. The Balaban J connectivity index is 1.86. The molecule has 0 radical (unpaired) electrons. The lowest BCUT2D eigenvalue weighted by Crippen LogP contribution is -2.00. The molecule has 110 valence electrons. The van der Waals surface area contributed by atoms with Crippen LogP contribution in [0.3, 0.4) is 0 Å². The van der Waals surface area contributed by atoms with Gasteiger partial charge < -0.3 is 4.98 Å². The van der Waals surface area contributed by atoms with E-state index in [4.69, 9.17) is 0 Å². The molecule has 1 aliphatic rings. The number of aromatic amines is 1. The molecule has 0 atom stereocenters. The molecule has 0 saturated carbocycles. The maximum absolute atomic E-state index is 3.54. The predicted octanol–water partition coefficient (Wildman–Crippen LogP) is 5.62. The van der Waals surface area contributed by atoms with Gasteiger partial charge in [-0.1, -0.05) is 60.7 Å². The van der Waals surface area contributed by atoms with E-state index < -0.39 is 0 Å². The second kappa shape index (κ2) is 4.60. The number of nitrogens with one attached hydrogen (secondary N) is 1. The first-order valence-electron chi connectivity index (χ1n) is 8.12. The Morgan fingerprint density at radius 3 is 2.61 bits per heavy atom. The van der Waals surface area contributed by atoms with Gasteiger partial charge in [0, 0.05) is 22.2 Å². The van der Waals surface area contributed by atoms with Gasteiger partial charge in [-0.25, -0.2) is 0 Å². The topological polar surface area (TPSA) is 15.8 Å². The van der Waals surface area contributed by atoms with Crippen molar-refractivity contribution in [3.8, 4) is 0 Å². The largest absolute Gasteiger partial charge is 0.358 e. The summed E-state index contributed by atoms with van der Waals surface area (Å²) in [6.45, 7) is 2.18. The molecule has 5 rings (SSSR count). The van der Waals surface area contributed by atoms with Crippen LogP contribution in [0.1, 0.15) is 22.4 Å². The molecule has 3 aromatic carbocycles. The highest BCUT2D eigenvalue weighted by atomic mass is 14.7. The molecule has 0 saturated heterocycles. The second-order valence-electron chi connectivity index (χ2n) is 6.31. The fraction of sp³-hybridized carbons (Fsp3) is 0.0909. The molecular weight excluding hydrogens is 278 g/mol. The summed E-state index contributed by atoms with van der Waals surface area (Å²) in [7, 11) is 0. The summed E-state index contributed by atoms with van der Waals surface area (Å²) in [5, 5.41) is 4.06. The fourth-order valence-electron chi connectivity index (χ4n) is 4.00. The van der Waals surface area contributed by atoms with Gasteiger partial charge in [0.1, 0.15) is 0 Å². The standard InChI is InChI=1S/C22H17N/c1-14-21(19-9-2-3-11-20(19)23-14)18-13-12-16-7-4-6-15-8-5-10-17(18)22(15)16/h2-11,13,23H,12H2,1H3. The number of aromatic nitrogens is 1. The van der Waals surface area contributed by atoms with Crippen LogP contribution in [0.5, 0.6) is 0 Å². The zero-order valence-corrected chi connectivity index (χ0v) is 13.1. The van der Waals surface area contributed by atoms with Crippen molar-refractivity contribution in [2.24, 2.45) is 0 Å². The predicted molar refractivity (Wildman–Crippen MR) is 97.8 cm³/mol. The van der Waals surface area contributed by atoms with Gasteiger partial charge in [-0.2, -0.15) is 0 Å². The van der Waals surface area contributed by atoms with Crippen LogP contribution in [-0.4, -0.2) is 4.98 Å². The number of allylic oxidation sites excluding steroid dienone is 1. The lowest BCUT2D eigenvalue weighted by Gasteiger charge is -2.19. The van der Waals surface area contributed by atoms with E-state index in [9.17, 15) is 0 Å². The molecule has 0 amide bonds. The Kier molecular flexibility index (Phi) is 2.54. The van der Waals surface area contributed by atoms with Gasteiger partial charge >= 0.3 is 0 Å². The van der Waals surface area contributed by atoms with E-state index >= 15 is 0 Å². The number of H-pyrrole nitrogens is 1. The van der Waals surface area contributed by atoms with Crippen LogP contribution < -0.4 is 0 Å². The molecule has 1 heterocycles. The van der Waals surface area contributed by atoms with Crippen LogP contribution in [0.15, 0.2) is 66.7 Å². The van der Waals surface area contributed by atoms with Gasteiger partial charge in [0.25, 0.3) is 0 Å². The average molecular weight is 295 g/mol. The number of aryl methyl sites for hydroxylation is 1. The molecule has 0 bridgehead atoms. The maximum Gasteiger partial charge on any atom is 0.0462 e. The van der Waals surface area contributed by atoms with Gasteiger partial charge in [-0.3, -0.25) is 0 Å². The minimum atomic E-state index is 1.00. The molecule has 0 unspecified atom stereocenters. The number of para-hydroxylation sites is 1. The van der Waals surface area contributed by atoms with E-state index in [0.717, 1.165) is 6.42 Å². The van der Waals surface area contributed by atoms with Crippen LogP contribution in [0.25, 0.3) is 27.2 Å². The van der Waals surface area contributed by atoms with Crippen LogP contribution in [0.2, 0.25) is 0 Å². The molecule has 23 heavy (non-hydrogen) atoms. The summed E-state index contributed by atoms with van der Waals surface area (Å²) in [4.78, 5) is 3.54. The average Bonchev–Trinajstić information content (AvgIpc) is 2.92. The summed E-state index contributed by atoms with van der Waals surface area (Å²) in [5.74, 6) is 0. The van der Waals surface area contributed by atoms with E-state index in [1.54, 1.807) is 0 Å². The Bertz CT molecular complexity index is 1090. The molecule has 1 N–H and O–H groups in total. The van der Waals surface area contributed by atoms with Crippen molar-refractivity contribution in [3.05, 3.63) is 89.1 Å². The number of hydrogen-bond donors (Lipinski definition) is 1. The molecule has 1 aliphatic carbocycles. The van der Waals surface area contributed by atoms with E-state index in [2.05, 4.69) is 78.6 Å². The van der Waals surface area contributed by atoms with Crippen LogP contribution >= 0.6 is 0 Å². The summed E-state index contributed by atoms with van der Waals surface area (Å²) in [6.07, 6.45) is 3.39. The monoisotopic (exact) mass is 295 g/mol. The number of fused-ring (bicyclic) bond motifs is 1. The molecule has 4 aromatic rings. The first kappa shape index (κ1) is 12.7. The van der Waals surface area contributed by atoms with Crippen molar-refractivity contribution < 1.29 is 0 Å². The number of benzene rings is 3. The van der Waals surface area contributed by atoms with E-state index in [0.29, 0.717) is 0 Å². The molecule has 1 aromatic heterocycles. The smallest absolute Gasteiger partial charge is 0.0462 e. The normalized spacial score (nSPS) is 13.5. The molecule has 1 nitrogen and oxygen atoms in total. The third-order valence-electron chi connectivity index (χ3n) is 4.97. The van der Waals surface area contributed by atoms with Gasteiger partial charge in [0.2, 0.25) is 0 Å². The van der Waals surface area contributed by atoms with Crippen LogP contribution in [0.4, 0.5) is 0 Å². The molecular formula is C22H17N. The van der Waals surface area contributed by atoms with Gasteiger partial charge in [0.15, 0.2) is 0 Å². The minimum Gasteiger partial charge on any atom is -0.358 e. The second-order valence-corrected chi connectivity index (χ2v) is 6.31. The highest BCUT2D eigenvalue weighted by Crippen LogP contribution is 2.40. The zero-order valence-electron chi connectivity index (χ0n) is 13.1. The molecule has 0 aliphatic heterocycles. The van der Waals surface area contributed by atoms with Crippen molar-refractivity contribution in [3.63, 3.8) is 0 Å². The van der Waals surface area contributed by atoms with Crippen molar-refractivity contribution in [1.82, 2.24) is 4.98 Å². The molecule has 1 heteroatoms.